The summed E-state index contributed by atoms with van der Waals surface area (Å²) in [5, 5.41) is 2.59. The van der Waals surface area contributed by atoms with Crippen molar-refractivity contribution in [3.63, 3.8) is 0 Å². The molecule has 0 bridgehead atoms. The summed E-state index contributed by atoms with van der Waals surface area (Å²) in [4.78, 5) is 14.6. The van der Waals surface area contributed by atoms with Crippen molar-refractivity contribution in [1.82, 2.24) is 15.8 Å². The van der Waals surface area contributed by atoms with Crippen LogP contribution in [0.25, 0.3) is 10.8 Å². The Hall–Kier alpha value is -1.91. The van der Waals surface area contributed by atoms with Gasteiger partial charge in [0.2, 0.25) is 5.91 Å². The Morgan fingerprint density at radius 3 is 2.71 bits per heavy atom. The zero-order chi connectivity index (χ0) is 16.1. The number of carbonyl (C=O) groups excluding carboxylic acids is 1. The van der Waals surface area contributed by atoms with Gasteiger partial charge >= 0.3 is 0 Å². The van der Waals surface area contributed by atoms with Crippen molar-refractivity contribution in [3.05, 3.63) is 48.0 Å². The van der Waals surface area contributed by atoms with Crippen LogP contribution < -0.4 is 10.9 Å². The van der Waals surface area contributed by atoms with Crippen molar-refractivity contribution in [2.24, 2.45) is 11.8 Å². The fraction of sp³-hybridized carbons (Fsp3) is 0.450. The summed E-state index contributed by atoms with van der Waals surface area (Å²) < 4.78 is 0. The highest BCUT2D eigenvalue weighted by Crippen LogP contribution is 2.38. The standard InChI is InChI=1S/C20H23N3O/c24-20(14-8-9-14)23-11-10-18-17(12-23)19(22-21-18)16-7-3-5-13-4-1-2-6-15(13)16/h1-7,14,17-19,21-22H,8-12H2. The summed E-state index contributed by atoms with van der Waals surface area (Å²) in [6.45, 7) is 1.77. The second-order valence-corrected chi connectivity index (χ2v) is 7.45. The third kappa shape index (κ3) is 2.33. The van der Waals surface area contributed by atoms with Gasteiger partial charge in [0.25, 0.3) is 0 Å². The number of piperidine rings is 1. The zero-order valence-corrected chi connectivity index (χ0v) is 13.7. The molecule has 24 heavy (non-hydrogen) atoms. The van der Waals surface area contributed by atoms with Gasteiger partial charge in [-0.05, 0) is 35.6 Å². The van der Waals surface area contributed by atoms with E-state index in [1.807, 2.05) is 0 Å². The predicted octanol–water partition coefficient (Wildman–Crippen LogP) is 2.62. The Balaban J connectivity index is 1.46. The van der Waals surface area contributed by atoms with E-state index in [9.17, 15) is 4.79 Å². The first kappa shape index (κ1) is 14.4. The molecule has 2 aromatic carbocycles. The van der Waals surface area contributed by atoms with E-state index < -0.39 is 0 Å². The number of hydrogen-bond acceptors (Lipinski definition) is 3. The fourth-order valence-electron chi connectivity index (χ4n) is 4.42. The molecule has 2 heterocycles. The molecule has 3 unspecified atom stereocenters. The SMILES string of the molecule is O=C(C1CC1)N1CCC2NNC(c3cccc4ccccc34)C2C1. The lowest BCUT2D eigenvalue weighted by atomic mass is 9.83. The van der Waals surface area contributed by atoms with Gasteiger partial charge < -0.3 is 4.90 Å². The molecule has 1 amide bonds. The van der Waals surface area contributed by atoms with Gasteiger partial charge in [0.1, 0.15) is 0 Å². The number of amides is 1. The molecule has 1 saturated carbocycles. The first-order valence-electron chi connectivity index (χ1n) is 9.09. The quantitative estimate of drug-likeness (QED) is 0.894. The molecule has 2 aliphatic heterocycles. The number of likely N-dealkylation sites (tertiary alicyclic amines) is 1. The van der Waals surface area contributed by atoms with Gasteiger partial charge in [0.15, 0.2) is 0 Å². The molecule has 124 valence electrons. The summed E-state index contributed by atoms with van der Waals surface area (Å²) in [5.74, 6) is 1.14. The smallest absolute Gasteiger partial charge is 0.225 e. The third-order valence-electron chi connectivity index (χ3n) is 5.91. The number of nitrogens with one attached hydrogen (secondary N) is 2. The molecule has 0 spiro atoms. The molecule has 2 aromatic rings. The third-order valence-corrected chi connectivity index (χ3v) is 5.91. The van der Waals surface area contributed by atoms with Crippen LogP contribution in [0, 0.1) is 11.8 Å². The highest BCUT2D eigenvalue weighted by Gasteiger charge is 2.44. The van der Waals surface area contributed by atoms with Crippen LogP contribution in [0.3, 0.4) is 0 Å². The van der Waals surface area contributed by atoms with E-state index >= 15 is 0 Å². The minimum Gasteiger partial charge on any atom is -0.342 e. The van der Waals surface area contributed by atoms with Crippen molar-refractivity contribution in [2.45, 2.75) is 31.3 Å². The van der Waals surface area contributed by atoms with Crippen LogP contribution in [0.2, 0.25) is 0 Å². The van der Waals surface area contributed by atoms with Crippen molar-refractivity contribution < 1.29 is 4.79 Å². The van der Waals surface area contributed by atoms with Crippen LogP contribution in [-0.2, 0) is 4.79 Å². The van der Waals surface area contributed by atoms with E-state index in [-0.39, 0.29) is 6.04 Å². The predicted molar refractivity (Wildman–Crippen MR) is 94.2 cm³/mol. The van der Waals surface area contributed by atoms with E-state index in [4.69, 9.17) is 0 Å². The summed E-state index contributed by atoms with van der Waals surface area (Å²) in [6, 6.07) is 15.8. The second kappa shape index (κ2) is 5.57. The number of benzene rings is 2. The molecule has 1 aliphatic carbocycles. The highest BCUT2D eigenvalue weighted by atomic mass is 16.2. The number of rotatable bonds is 2. The molecule has 3 fully saturated rings. The van der Waals surface area contributed by atoms with E-state index in [0.29, 0.717) is 23.8 Å². The van der Waals surface area contributed by atoms with E-state index in [0.717, 1.165) is 32.4 Å². The molecule has 4 nitrogen and oxygen atoms in total. The molecular weight excluding hydrogens is 298 g/mol. The van der Waals surface area contributed by atoms with Crippen molar-refractivity contribution in [1.29, 1.82) is 0 Å². The number of hydrogen-bond donors (Lipinski definition) is 2. The number of carbonyl (C=O) groups is 1. The normalized spacial score (nSPS) is 29.7. The first-order chi connectivity index (χ1) is 11.8. The Morgan fingerprint density at radius 2 is 1.83 bits per heavy atom. The molecule has 0 radical (unpaired) electrons. The Morgan fingerprint density at radius 1 is 1.00 bits per heavy atom. The molecule has 2 saturated heterocycles. The van der Waals surface area contributed by atoms with Gasteiger partial charge in [-0.3, -0.25) is 10.2 Å². The topological polar surface area (TPSA) is 44.4 Å². The number of fused-ring (bicyclic) bond motifs is 2. The lowest BCUT2D eigenvalue weighted by Gasteiger charge is -2.36. The van der Waals surface area contributed by atoms with Gasteiger partial charge in [-0.25, -0.2) is 5.43 Å². The van der Waals surface area contributed by atoms with E-state index in [2.05, 4.69) is 58.2 Å². The van der Waals surface area contributed by atoms with Crippen LogP contribution >= 0.6 is 0 Å². The van der Waals surface area contributed by atoms with Crippen molar-refractivity contribution in [2.75, 3.05) is 13.1 Å². The average Bonchev–Trinajstić information content (AvgIpc) is 3.40. The van der Waals surface area contributed by atoms with Crippen LogP contribution in [0.15, 0.2) is 42.5 Å². The lowest BCUT2D eigenvalue weighted by molar-refractivity contribution is -0.134. The Kier molecular flexibility index (Phi) is 3.35. The molecule has 2 N–H and O–H groups in total. The second-order valence-electron chi connectivity index (χ2n) is 7.45. The molecule has 0 aromatic heterocycles. The largest absolute Gasteiger partial charge is 0.342 e. The highest BCUT2D eigenvalue weighted by molar-refractivity contribution is 5.86. The Bertz CT molecular complexity index is 780. The van der Waals surface area contributed by atoms with Crippen molar-refractivity contribution >= 4 is 16.7 Å². The summed E-state index contributed by atoms with van der Waals surface area (Å²) in [6.07, 6.45) is 3.22. The maximum absolute atomic E-state index is 12.5. The van der Waals surface area contributed by atoms with Gasteiger partial charge in [-0.1, -0.05) is 42.5 Å². The van der Waals surface area contributed by atoms with Crippen molar-refractivity contribution in [3.8, 4) is 0 Å². The van der Waals surface area contributed by atoms with Crippen LogP contribution in [-0.4, -0.2) is 29.9 Å². The minimum atomic E-state index is 0.260. The molecule has 3 aliphatic rings. The van der Waals surface area contributed by atoms with Gasteiger partial charge in [-0.2, -0.15) is 0 Å². The van der Waals surface area contributed by atoms with Gasteiger partial charge in [0, 0.05) is 31.0 Å². The first-order valence-corrected chi connectivity index (χ1v) is 9.09. The maximum Gasteiger partial charge on any atom is 0.225 e. The number of hydrazine groups is 1. The summed E-state index contributed by atoms with van der Waals surface area (Å²) >= 11 is 0. The maximum atomic E-state index is 12.5. The zero-order valence-electron chi connectivity index (χ0n) is 13.7. The van der Waals surface area contributed by atoms with Gasteiger partial charge in [0.05, 0.1) is 6.04 Å². The van der Waals surface area contributed by atoms with Crippen LogP contribution in [0.1, 0.15) is 30.9 Å². The minimum absolute atomic E-state index is 0.260. The molecule has 5 rings (SSSR count). The van der Waals surface area contributed by atoms with E-state index in [1.54, 1.807) is 0 Å². The molecule has 3 atom stereocenters. The average molecular weight is 321 g/mol. The number of nitrogens with zero attached hydrogens (tertiary/aromatic N) is 1. The summed E-state index contributed by atoms with van der Waals surface area (Å²) in [5.41, 5.74) is 8.35. The van der Waals surface area contributed by atoms with Gasteiger partial charge in [-0.15, -0.1) is 0 Å². The Labute approximate surface area is 142 Å². The molecular formula is C20H23N3O. The summed E-state index contributed by atoms with van der Waals surface area (Å²) in [7, 11) is 0. The van der Waals surface area contributed by atoms with Crippen LogP contribution in [0.5, 0.6) is 0 Å². The monoisotopic (exact) mass is 321 g/mol. The fourth-order valence-corrected chi connectivity index (χ4v) is 4.42. The molecule has 4 heteroatoms. The lowest BCUT2D eigenvalue weighted by Crippen LogP contribution is -2.48. The van der Waals surface area contributed by atoms with E-state index in [1.165, 1.54) is 16.3 Å². The van der Waals surface area contributed by atoms with Crippen LogP contribution in [0.4, 0.5) is 0 Å².